The number of likely N-dealkylation sites (tertiary alicyclic amines) is 2. The van der Waals surface area contributed by atoms with E-state index >= 15 is 0 Å². The normalized spacial score (nSPS) is 23.2. The number of carbonyl (C=O) groups excluding carboxylic acids is 1. The Morgan fingerprint density at radius 2 is 1.92 bits per heavy atom. The highest BCUT2D eigenvalue weighted by Crippen LogP contribution is 2.33. The van der Waals surface area contributed by atoms with E-state index in [4.69, 9.17) is 0 Å². The minimum Gasteiger partial charge on any atom is -0.338 e. The Morgan fingerprint density at radius 3 is 2.52 bits per heavy atom. The summed E-state index contributed by atoms with van der Waals surface area (Å²) >= 11 is 1.63. The Hall–Kier alpha value is -1.92. The zero-order valence-corrected chi connectivity index (χ0v) is 15.5. The first-order valence-electron chi connectivity index (χ1n) is 8.72. The molecule has 2 saturated heterocycles. The molecule has 2 fully saturated rings. The first kappa shape index (κ1) is 16.5. The third-order valence-electron chi connectivity index (χ3n) is 5.40. The third-order valence-corrected chi connectivity index (χ3v) is 6.26. The Morgan fingerprint density at radius 1 is 1.20 bits per heavy atom. The predicted octanol–water partition coefficient (Wildman–Crippen LogP) is 1.96. The lowest BCUT2D eigenvalue weighted by molar-refractivity contribution is 0.0774. The number of hydrogen-bond acceptors (Lipinski definition) is 4. The highest BCUT2D eigenvalue weighted by Gasteiger charge is 2.41. The van der Waals surface area contributed by atoms with Gasteiger partial charge in [0, 0.05) is 62.3 Å². The molecule has 0 saturated carbocycles. The molecule has 0 radical (unpaired) electrons. The Labute approximate surface area is 151 Å². The van der Waals surface area contributed by atoms with Crippen LogP contribution < -0.4 is 5.56 Å². The molecule has 2 aromatic heterocycles. The summed E-state index contributed by atoms with van der Waals surface area (Å²) in [4.78, 5) is 30.0. The molecule has 4 rings (SSSR count). The molecule has 25 heavy (non-hydrogen) atoms. The second-order valence-corrected chi connectivity index (χ2v) is 8.47. The molecule has 5 nitrogen and oxygen atoms in total. The standard InChI is InChI=1S/C19H23N3O2S/c1-13-5-15(12-25-13)19(24)22-10-16-8-21(9-17(16)11-22)7-14-3-4-20(2)18(23)6-14/h3-6,12,16-17H,7-11H2,1-2H3/t16-,17+. The average Bonchev–Trinajstić information content (AvgIpc) is 3.25. The molecule has 132 valence electrons. The molecule has 4 heterocycles. The van der Waals surface area contributed by atoms with E-state index in [-0.39, 0.29) is 11.5 Å². The minimum atomic E-state index is 0.0414. The van der Waals surface area contributed by atoms with E-state index in [2.05, 4.69) is 4.90 Å². The van der Waals surface area contributed by atoms with Gasteiger partial charge >= 0.3 is 0 Å². The smallest absolute Gasteiger partial charge is 0.254 e. The largest absolute Gasteiger partial charge is 0.338 e. The van der Waals surface area contributed by atoms with Crippen LogP contribution in [0.1, 0.15) is 20.8 Å². The highest BCUT2D eigenvalue weighted by molar-refractivity contribution is 7.10. The van der Waals surface area contributed by atoms with Crippen LogP contribution in [0.3, 0.4) is 0 Å². The number of fused-ring (bicyclic) bond motifs is 1. The van der Waals surface area contributed by atoms with E-state index in [9.17, 15) is 9.59 Å². The van der Waals surface area contributed by atoms with Gasteiger partial charge in [0.15, 0.2) is 0 Å². The summed E-state index contributed by atoms with van der Waals surface area (Å²) in [6.07, 6.45) is 1.83. The van der Waals surface area contributed by atoms with E-state index < -0.39 is 0 Å². The van der Waals surface area contributed by atoms with Crippen molar-refractivity contribution in [2.75, 3.05) is 26.2 Å². The van der Waals surface area contributed by atoms with Crippen LogP contribution in [0, 0.1) is 18.8 Å². The molecule has 0 N–H and O–H groups in total. The molecule has 0 unspecified atom stereocenters. The van der Waals surface area contributed by atoms with Crippen molar-refractivity contribution in [3.8, 4) is 0 Å². The SMILES string of the molecule is Cc1cc(C(=O)N2C[C@H]3CN(Cc4ccn(C)c(=O)c4)C[C@H]3C2)cs1. The summed E-state index contributed by atoms with van der Waals surface area (Å²) < 4.78 is 1.60. The lowest BCUT2D eigenvalue weighted by atomic mass is 10.0. The van der Waals surface area contributed by atoms with Crippen LogP contribution in [0.5, 0.6) is 0 Å². The van der Waals surface area contributed by atoms with Gasteiger partial charge in [-0.3, -0.25) is 14.5 Å². The summed E-state index contributed by atoms with van der Waals surface area (Å²) in [6, 6.07) is 5.73. The molecule has 2 aliphatic heterocycles. The Balaban J connectivity index is 1.36. The van der Waals surface area contributed by atoms with Crippen molar-refractivity contribution in [2.24, 2.45) is 18.9 Å². The molecule has 2 aliphatic rings. The van der Waals surface area contributed by atoms with E-state index in [1.807, 2.05) is 35.5 Å². The molecule has 0 spiro atoms. The van der Waals surface area contributed by atoms with Gasteiger partial charge in [0.05, 0.1) is 5.56 Å². The minimum absolute atomic E-state index is 0.0414. The van der Waals surface area contributed by atoms with Gasteiger partial charge in [-0.05, 0) is 36.5 Å². The summed E-state index contributed by atoms with van der Waals surface area (Å²) in [5.41, 5.74) is 1.95. The number of nitrogens with zero attached hydrogens (tertiary/aromatic N) is 3. The average molecular weight is 357 g/mol. The molecule has 1 amide bonds. The van der Waals surface area contributed by atoms with Crippen molar-refractivity contribution in [1.82, 2.24) is 14.4 Å². The van der Waals surface area contributed by atoms with Gasteiger partial charge in [-0.25, -0.2) is 0 Å². The Bertz CT molecular complexity index is 842. The lowest BCUT2D eigenvalue weighted by Crippen LogP contribution is -2.33. The second kappa shape index (κ2) is 6.42. The maximum atomic E-state index is 12.6. The first-order chi connectivity index (χ1) is 12.0. The number of pyridine rings is 1. The fraction of sp³-hybridized carbons (Fsp3) is 0.474. The van der Waals surface area contributed by atoms with Crippen LogP contribution in [0.15, 0.2) is 34.6 Å². The number of aryl methyl sites for hydroxylation is 2. The fourth-order valence-electron chi connectivity index (χ4n) is 4.07. The van der Waals surface area contributed by atoms with Crippen molar-refractivity contribution >= 4 is 17.2 Å². The van der Waals surface area contributed by atoms with Crippen LogP contribution in [0.25, 0.3) is 0 Å². The maximum Gasteiger partial charge on any atom is 0.254 e. The second-order valence-electron chi connectivity index (χ2n) is 7.35. The van der Waals surface area contributed by atoms with Crippen LogP contribution in [-0.4, -0.2) is 46.5 Å². The van der Waals surface area contributed by atoms with E-state index in [1.54, 1.807) is 29.0 Å². The predicted molar refractivity (Wildman–Crippen MR) is 98.9 cm³/mol. The number of thiophene rings is 1. The van der Waals surface area contributed by atoms with Crippen LogP contribution in [0.2, 0.25) is 0 Å². The van der Waals surface area contributed by atoms with Crippen molar-refractivity contribution in [3.63, 3.8) is 0 Å². The van der Waals surface area contributed by atoms with Gasteiger partial charge in [0.1, 0.15) is 0 Å². The summed E-state index contributed by atoms with van der Waals surface area (Å²) in [5.74, 6) is 1.28. The molecule has 0 aromatic carbocycles. The Kier molecular flexibility index (Phi) is 4.25. The third kappa shape index (κ3) is 3.28. The molecule has 0 aliphatic carbocycles. The number of rotatable bonds is 3. The summed E-state index contributed by atoms with van der Waals surface area (Å²) in [6.45, 7) is 6.57. The van der Waals surface area contributed by atoms with Crippen LogP contribution in [0.4, 0.5) is 0 Å². The molecule has 0 bridgehead atoms. The number of hydrogen-bond donors (Lipinski definition) is 0. The first-order valence-corrected chi connectivity index (χ1v) is 9.60. The van der Waals surface area contributed by atoms with Gasteiger partial charge in [0.25, 0.3) is 11.5 Å². The topological polar surface area (TPSA) is 45.6 Å². The number of amides is 1. The quantitative estimate of drug-likeness (QED) is 0.844. The molecule has 6 heteroatoms. The number of carbonyl (C=O) groups is 1. The van der Waals surface area contributed by atoms with Crippen molar-refractivity contribution in [3.05, 3.63) is 56.1 Å². The van der Waals surface area contributed by atoms with Crippen molar-refractivity contribution in [1.29, 1.82) is 0 Å². The van der Waals surface area contributed by atoms with E-state index in [1.165, 1.54) is 4.88 Å². The fourth-order valence-corrected chi connectivity index (χ4v) is 4.75. The molecular weight excluding hydrogens is 334 g/mol. The van der Waals surface area contributed by atoms with Gasteiger partial charge in [-0.15, -0.1) is 11.3 Å². The zero-order chi connectivity index (χ0) is 17.6. The summed E-state index contributed by atoms with van der Waals surface area (Å²) in [7, 11) is 1.77. The van der Waals surface area contributed by atoms with Crippen molar-refractivity contribution in [2.45, 2.75) is 13.5 Å². The summed E-state index contributed by atoms with van der Waals surface area (Å²) in [5, 5.41) is 1.97. The van der Waals surface area contributed by atoms with Crippen molar-refractivity contribution < 1.29 is 4.79 Å². The van der Waals surface area contributed by atoms with Gasteiger partial charge in [0.2, 0.25) is 0 Å². The molecule has 2 atom stereocenters. The lowest BCUT2D eigenvalue weighted by Gasteiger charge is -2.21. The monoisotopic (exact) mass is 357 g/mol. The maximum absolute atomic E-state index is 12.6. The molecular formula is C19H23N3O2S. The van der Waals surface area contributed by atoms with Crippen LogP contribution >= 0.6 is 11.3 Å². The van der Waals surface area contributed by atoms with E-state index in [0.717, 1.165) is 43.9 Å². The van der Waals surface area contributed by atoms with Gasteiger partial charge < -0.3 is 9.47 Å². The highest BCUT2D eigenvalue weighted by atomic mass is 32.1. The van der Waals surface area contributed by atoms with Gasteiger partial charge in [-0.2, -0.15) is 0 Å². The molecule has 2 aromatic rings. The number of aromatic nitrogens is 1. The van der Waals surface area contributed by atoms with Gasteiger partial charge in [-0.1, -0.05) is 0 Å². The van der Waals surface area contributed by atoms with E-state index in [0.29, 0.717) is 11.8 Å². The van der Waals surface area contributed by atoms with Crippen LogP contribution in [-0.2, 0) is 13.6 Å². The zero-order valence-electron chi connectivity index (χ0n) is 14.6.